The summed E-state index contributed by atoms with van der Waals surface area (Å²) in [6.07, 6.45) is 0. The zero-order valence-electron chi connectivity index (χ0n) is 11.5. The molecule has 19 heavy (non-hydrogen) atoms. The van der Waals surface area contributed by atoms with E-state index in [0.717, 1.165) is 11.1 Å². The van der Waals surface area contributed by atoms with E-state index in [2.05, 4.69) is 4.79 Å². The van der Waals surface area contributed by atoms with E-state index < -0.39 is 7.60 Å². The highest BCUT2D eigenvalue weighted by atomic mass is 31.2. The lowest BCUT2D eigenvalue weighted by molar-refractivity contribution is -0.00240. The molecular weight excluding hydrogens is 263 g/mol. The summed E-state index contributed by atoms with van der Waals surface area (Å²) < 4.78 is 22.0. The number of benzene rings is 1. The van der Waals surface area contributed by atoms with Gasteiger partial charge in [-0.1, -0.05) is 30.3 Å². The second-order valence-corrected chi connectivity index (χ2v) is 6.05. The number of hydrogen-bond acceptors (Lipinski definition) is 3. The Kier molecular flexibility index (Phi) is 5.40. The Balaban J connectivity index is 3.35. The molecule has 0 spiro atoms. The van der Waals surface area contributed by atoms with Crippen LogP contribution in [-0.4, -0.2) is 24.5 Å². The van der Waals surface area contributed by atoms with Crippen LogP contribution in [0.5, 0.6) is 0 Å². The molecule has 1 aromatic rings. The Bertz CT molecular complexity index is 567. The molecule has 0 saturated carbocycles. The average Bonchev–Trinajstić information content (AvgIpc) is 2.47. The van der Waals surface area contributed by atoms with Gasteiger partial charge in [-0.3, -0.25) is 0 Å². The van der Waals surface area contributed by atoms with Crippen LogP contribution in [0.3, 0.4) is 0 Å². The van der Waals surface area contributed by atoms with Crippen molar-refractivity contribution in [1.29, 1.82) is 0 Å². The van der Waals surface area contributed by atoms with Crippen LogP contribution in [-0.2, 0) is 13.6 Å². The summed E-state index contributed by atoms with van der Waals surface area (Å²) in [5.41, 5.74) is 11.4. The molecule has 0 saturated heterocycles. The van der Waals surface area contributed by atoms with Gasteiger partial charge in [0.15, 0.2) is 0 Å². The minimum absolute atomic E-state index is 0.0844. The molecule has 102 valence electrons. The third kappa shape index (κ3) is 3.28. The Labute approximate surface area is 113 Å². The van der Waals surface area contributed by atoms with Crippen LogP contribution in [0.2, 0.25) is 0 Å². The average molecular weight is 280 g/mol. The van der Waals surface area contributed by atoms with Gasteiger partial charge in [-0.25, -0.2) is 4.57 Å². The predicted octanol–water partition coefficient (Wildman–Crippen LogP) is 3.59. The van der Waals surface area contributed by atoms with Crippen molar-refractivity contribution in [3.05, 3.63) is 47.0 Å². The van der Waals surface area contributed by atoms with E-state index in [-0.39, 0.29) is 5.45 Å². The summed E-state index contributed by atoms with van der Waals surface area (Å²) in [6, 6.07) is 9.53. The van der Waals surface area contributed by atoms with E-state index in [4.69, 9.17) is 14.6 Å². The standard InChI is InChI=1S/C13H17N2O3P/c1-10(12-8-6-5-7-9-12)11(2)13(15-14)19(16,17-3)18-4/h5-9H,1-4H3/b11-10+. The minimum Gasteiger partial charge on any atom is -0.360 e. The van der Waals surface area contributed by atoms with Crippen molar-refractivity contribution >= 4 is 18.6 Å². The van der Waals surface area contributed by atoms with E-state index in [1.54, 1.807) is 6.92 Å². The highest BCUT2D eigenvalue weighted by Gasteiger charge is 2.40. The maximum atomic E-state index is 12.3. The Morgan fingerprint density at radius 2 is 1.68 bits per heavy atom. The molecule has 0 N–H and O–H groups in total. The highest BCUT2D eigenvalue weighted by Crippen LogP contribution is 2.50. The maximum Gasteiger partial charge on any atom is 0.442 e. The van der Waals surface area contributed by atoms with Crippen molar-refractivity contribution in [3.63, 3.8) is 0 Å². The van der Waals surface area contributed by atoms with Crippen molar-refractivity contribution in [3.8, 4) is 0 Å². The van der Waals surface area contributed by atoms with E-state index in [1.165, 1.54) is 14.2 Å². The van der Waals surface area contributed by atoms with Gasteiger partial charge in [0.2, 0.25) is 0 Å². The maximum absolute atomic E-state index is 12.3. The molecule has 0 aromatic heterocycles. The first-order valence-electron chi connectivity index (χ1n) is 5.67. The lowest BCUT2D eigenvalue weighted by atomic mass is 10.0. The van der Waals surface area contributed by atoms with Gasteiger partial charge < -0.3 is 14.6 Å². The van der Waals surface area contributed by atoms with Gasteiger partial charge in [-0.15, -0.1) is 0 Å². The summed E-state index contributed by atoms with van der Waals surface area (Å²) in [5.74, 6) is 0. The molecule has 1 rings (SSSR count). The van der Waals surface area contributed by atoms with Crippen LogP contribution in [0.15, 0.2) is 35.9 Å². The molecule has 0 bridgehead atoms. The van der Waals surface area contributed by atoms with Gasteiger partial charge in [0, 0.05) is 14.2 Å². The van der Waals surface area contributed by atoms with Gasteiger partial charge in [-0.05, 0) is 25.0 Å². The summed E-state index contributed by atoms with van der Waals surface area (Å²) in [5, 5.41) is 0. The van der Waals surface area contributed by atoms with Gasteiger partial charge in [-0.2, -0.15) is 4.79 Å². The molecule has 5 nitrogen and oxygen atoms in total. The van der Waals surface area contributed by atoms with Gasteiger partial charge in [0.1, 0.15) is 0 Å². The van der Waals surface area contributed by atoms with E-state index in [0.29, 0.717) is 5.57 Å². The lowest BCUT2D eigenvalue weighted by Crippen LogP contribution is -2.08. The van der Waals surface area contributed by atoms with E-state index >= 15 is 0 Å². The van der Waals surface area contributed by atoms with Crippen molar-refractivity contribution in [1.82, 2.24) is 0 Å². The normalized spacial score (nSPS) is 12.6. The fraction of sp³-hybridized carbons (Fsp3) is 0.308. The van der Waals surface area contributed by atoms with E-state index in [9.17, 15) is 4.57 Å². The summed E-state index contributed by atoms with van der Waals surface area (Å²) in [4.78, 5) is 3.09. The Hall–Kier alpha value is -1.51. The van der Waals surface area contributed by atoms with Crippen molar-refractivity contribution in [2.45, 2.75) is 13.8 Å². The lowest BCUT2D eigenvalue weighted by Gasteiger charge is -2.11. The molecule has 0 heterocycles. The van der Waals surface area contributed by atoms with Crippen molar-refractivity contribution in [2.75, 3.05) is 14.2 Å². The molecule has 6 heteroatoms. The first kappa shape index (κ1) is 15.5. The number of hydrogen-bond donors (Lipinski definition) is 0. The van der Waals surface area contributed by atoms with Crippen LogP contribution in [0.4, 0.5) is 0 Å². The largest absolute Gasteiger partial charge is 0.442 e. The van der Waals surface area contributed by atoms with Crippen molar-refractivity contribution in [2.24, 2.45) is 0 Å². The van der Waals surface area contributed by atoms with Crippen LogP contribution >= 0.6 is 7.60 Å². The zero-order valence-corrected chi connectivity index (χ0v) is 12.3. The summed E-state index contributed by atoms with van der Waals surface area (Å²) in [7, 11) is -1.08. The van der Waals surface area contributed by atoms with Gasteiger partial charge in [0.25, 0.3) is 0 Å². The first-order chi connectivity index (χ1) is 9.00. The second-order valence-electron chi connectivity index (χ2n) is 3.90. The molecule has 0 radical (unpaired) electrons. The zero-order chi connectivity index (χ0) is 14.5. The Morgan fingerprint density at radius 1 is 1.16 bits per heavy atom. The van der Waals surface area contributed by atoms with Crippen LogP contribution in [0, 0.1) is 0 Å². The molecule has 0 aliphatic rings. The second kappa shape index (κ2) is 6.60. The monoisotopic (exact) mass is 280 g/mol. The number of nitrogens with zero attached hydrogens (tertiary/aromatic N) is 2. The first-order valence-corrected chi connectivity index (χ1v) is 7.21. The summed E-state index contributed by atoms with van der Waals surface area (Å²) in [6.45, 7) is 3.56. The highest BCUT2D eigenvalue weighted by molar-refractivity contribution is 7.72. The van der Waals surface area contributed by atoms with Crippen LogP contribution < -0.4 is 0 Å². The number of allylic oxidation sites excluding steroid dienone is 2. The summed E-state index contributed by atoms with van der Waals surface area (Å²) >= 11 is 0. The van der Waals surface area contributed by atoms with Gasteiger partial charge >= 0.3 is 13.0 Å². The molecule has 0 aliphatic heterocycles. The smallest absolute Gasteiger partial charge is 0.360 e. The third-order valence-corrected chi connectivity index (χ3v) is 4.84. The third-order valence-electron chi connectivity index (χ3n) is 2.94. The molecule has 0 amide bonds. The fourth-order valence-electron chi connectivity index (χ4n) is 1.66. The number of rotatable bonds is 5. The molecule has 0 unspecified atom stereocenters. The molecule has 1 aromatic carbocycles. The van der Waals surface area contributed by atoms with Crippen molar-refractivity contribution < 1.29 is 18.4 Å². The SMILES string of the molecule is COP(=O)(OC)C(=[N+]=[N-])/C(C)=C(\C)c1ccccc1. The molecule has 0 fully saturated rings. The quantitative estimate of drug-likeness (QED) is 0.358. The Morgan fingerprint density at radius 3 is 2.11 bits per heavy atom. The van der Waals surface area contributed by atoms with Crippen LogP contribution in [0.1, 0.15) is 19.4 Å². The van der Waals surface area contributed by atoms with E-state index in [1.807, 2.05) is 37.3 Å². The topological polar surface area (TPSA) is 71.9 Å². The molecular formula is C13H17N2O3P. The van der Waals surface area contributed by atoms with Gasteiger partial charge in [0.05, 0.1) is 5.57 Å². The minimum atomic E-state index is -3.58. The predicted molar refractivity (Wildman–Crippen MR) is 75.0 cm³/mol. The molecule has 0 aliphatic carbocycles. The fourth-order valence-corrected chi connectivity index (χ4v) is 2.84. The molecule has 0 atom stereocenters. The van der Waals surface area contributed by atoms with Crippen LogP contribution in [0.25, 0.3) is 11.1 Å².